The van der Waals surface area contributed by atoms with E-state index >= 15 is 0 Å². The average Bonchev–Trinajstić information content (AvgIpc) is 2.49. The Labute approximate surface area is 134 Å². The monoisotopic (exact) mass is 302 g/mol. The minimum atomic E-state index is -0.112. The Kier molecular flexibility index (Phi) is 7.99. The lowest BCUT2D eigenvalue weighted by Crippen LogP contribution is -2.35. The van der Waals surface area contributed by atoms with Crippen LogP contribution in [-0.4, -0.2) is 37.1 Å². The van der Waals surface area contributed by atoms with Crippen molar-refractivity contribution in [1.29, 1.82) is 0 Å². The number of rotatable bonds is 9. The van der Waals surface area contributed by atoms with E-state index in [0.717, 1.165) is 43.5 Å². The third-order valence-corrected chi connectivity index (χ3v) is 3.75. The van der Waals surface area contributed by atoms with Gasteiger partial charge in [0, 0.05) is 37.1 Å². The van der Waals surface area contributed by atoms with Gasteiger partial charge in [0.15, 0.2) is 0 Å². The summed E-state index contributed by atoms with van der Waals surface area (Å²) in [7, 11) is 0. The number of hydrogen-bond donors (Lipinski definition) is 2. The van der Waals surface area contributed by atoms with Crippen molar-refractivity contribution < 1.29 is 0 Å². The molecule has 4 heteroatoms. The molecule has 2 atom stereocenters. The molecule has 1 aromatic carbocycles. The molecule has 0 aliphatic rings. The third-order valence-electron chi connectivity index (χ3n) is 3.75. The highest BCUT2D eigenvalue weighted by atomic mass is 14.8. The molecule has 0 amide bonds. The second kappa shape index (κ2) is 9.49. The quantitative estimate of drug-likeness (QED) is 0.688. The van der Waals surface area contributed by atoms with Crippen LogP contribution in [-0.2, 0) is 0 Å². The van der Waals surface area contributed by atoms with Crippen molar-refractivity contribution in [3.63, 3.8) is 0 Å². The molecule has 0 aromatic heterocycles. The molecule has 22 heavy (non-hydrogen) atoms. The van der Waals surface area contributed by atoms with Gasteiger partial charge in [0.05, 0.1) is 0 Å². The molecule has 0 heterocycles. The van der Waals surface area contributed by atoms with E-state index in [4.69, 9.17) is 11.5 Å². The minimum absolute atomic E-state index is 0.112. The van der Waals surface area contributed by atoms with Gasteiger partial charge in [0.2, 0.25) is 0 Å². The smallest absolute Gasteiger partial charge is 0.0406 e. The van der Waals surface area contributed by atoms with Gasteiger partial charge in [-0.15, -0.1) is 0 Å². The van der Waals surface area contributed by atoms with Crippen molar-refractivity contribution in [3.05, 3.63) is 35.4 Å². The first-order valence-corrected chi connectivity index (χ1v) is 8.07. The van der Waals surface area contributed by atoms with Crippen LogP contribution in [0, 0.1) is 0 Å². The standard InChI is InChI=1S/C18H30N4/c1-4-18(3,20)10-12-22-14-17-7-5-16(6-8-17)13-21-11-9-15(2)19/h5-8,13-15H,4,9-12,19-20H2,1-3H3. The zero-order chi connectivity index (χ0) is 16.4. The molecule has 0 aliphatic heterocycles. The predicted molar refractivity (Wildman–Crippen MR) is 97.1 cm³/mol. The Morgan fingerprint density at radius 2 is 1.59 bits per heavy atom. The highest BCUT2D eigenvalue weighted by molar-refractivity contribution is 5.84. The molecule has 2 unspecified atom stereocenters. The Morgan fingerprint density at radius 1 is 1.09 bits per heavy atom. The molecule has 0 saturated carbocycles. The zero-order valence-electron chi connectivity index (χ0n) is 14.1. The molecule has 1 aromatic rings. The van der Waals surface area contributed by atoms with Gasteiger partial charge in [-0.25, -0.2) is 0 Å². The van der Waals surface area contributed by atoms with E-state index in [1.165, 1.54) is 0 Å². The van der Waals surface area contributed by atoms with Gasteiger partial charge in [-0.3, -0.25) is 9.98 Å². The van der Waals surface area contributed by atoms with E-state index in [9.17, 15) is 0 Å². The number of nitrogens with zero attached hydrogens (tertiary/aromatic N) is 2. The number of nitrogens with two attached hydrogens (primary N) is 2. The zero-order valence-corrected chi connectivity index (χ0v) is 14.1. The largest absolute Gasteiger partial charge is 0.328 e. The fourth-order valence-corrected chi connectivity index (χ4v) is 1.78. The van der Waals surface area contributed by atoms with E-state index in [2.05, 4.69) is 48.1 Å². The van der Waals surface area contributed by atoms with E-state index in [-0.39, 0.29) is 11.6 Å². The Morgan fingerprint density at radius 3 is 2.05 bits per heavy atom. The van der Waals surface area contributed by atoms with Gasteiger partial charge in [0.25, 0.3) is 0 Å². The van der Waals surface area contributed by atoms with Crippen molar-refractivity contribution in [1.82, 2.24) is 0 Å². The maximum atomic E-state index is 6.10. The van der Waals surface area contributed by atoms with Crippen LogP contribution in [0.1, 0.15) is 51.2 Å². The lowest BCUT2D eigenvalue weighted by molar-refractivity contribution is 0.425. The Hall–Kier alpha value is -1.52. The summed E-state index contributed by atoms with van der Waals surface area (Å²) in [6.07, 6.45) is 6.59. The van der Waals surface area contributed by atoms with Crippen LogP contribution in [0.2, 0.25) is 0 Å². The minimum Gasteiger partial charge on any atom is -0.328 e. The third kappa shape index (κ3) is 8.05. The normalized spacial score (nSPS) is 16.2. The maximum Gasteiger partial charge on any atom is 0.0406 e. The second-order valence-corrected chi connectivity index (χ2v) is 6.26. The summed E-state index contributed by atoms with van der Waals surface area (Å²) < 4.78 is 0. The molecule has 0 radical (unpaired) electrons. The first-order valence-electron chi connectivity index (χ1n) is 8.07. The molecule has 1 rings (SSSR count). The van der Waals surface area contributed by atoms with Gasteiger partial charge in [-0.1, -0.05) is 31.2 Å². The van der Waals surface area contributed by atoms with Crippen LogP contribution in [0.15, 0.2) is 34.3 Å². The van der Waals surface area contributed by atoms with Crippen LogP contribution in [0.5, 0.6) is 0 Å². The van der Waals surface area contributed by atoms with Crippen LogP contribution in [0.3, 0.4) is 0 Å². The molecule has 0 saturated heterocycles. The van der Waals surface area contributed by atoms with Crippen molar-refractivity contribution >= 4 is 12.4 Å². The van der Waals surface area contributed by atoms with E-state index < -0.39 is 0 Å². The number of aliphatic imine (C=N–C) groups is 2. The lowest BCUT2D eigenvalue weighted by atomic mass is 9.96. The maximum absolute atomic E-state index is 6.10. The molecule has 0 bridgehead atoms. The van der Waals surface area contributed by atoms with Gasteiger partial charge in [-0.2, -0.15) is 0 Å². The molecule has 4 nitrogen and oxygen atoms in total. The molecular formula is C18H30N4. The average molecular weight is 302 g/mol. The fourth-order valence-electron chi connectivity index (χ4n) is 1.78. The molecule has 0 aliphatic carbocycles. The summed E-state index contributed by atoms with van der Waals surface area (Å²) in [6, 6.07) is 8.42. The fraction of sp³-hybridized carbons (Fsp3) is 0.556. The van der Waals surface area contributed by atoms with Crippen molar-refractivity contribution in [3.8, 4) is 0 Å². The van der Waals surface area contributed by atoms with Crippen LogP contribution < -0.4 is 11.5 Å². The number of hydrogen-bond acceptors (Lipinski definition) is 4. The number of benzene rings is 1. The predicted octanol–water partition coefficient (Wildman–Crippen LogP) is 2.78. The highest BCUT2D eigenvalue weighted by Crippen LogP contribution is 2.09. The van der Waals surface area contributed by atoms with Crippen molar-refractivity contribution in [2.45, 2.75) is 51.6 Å². The lowest BCUT2D eigenvalue weighted by Gasteiger charge is -2.20. The first kappa shape index (κ1) is 18.5. The Balaban J connectivity index is 2.41. The summed E-state index contributed by atoms with van der Waals surface area (Å²) in [5.74, 6) is 0. The van der Waals surface area contributed by atoms with E-state index in [1.54, 1.807) is 0 Å². The summed E-state index contributed by atoms with van der Waals surface area (Å²) in [4.78, 5) is 8.82. The van der Waals surface area contributed by atoms with Gasteiger partial charge in [0.1, 0.15) is 0 Å². The van der Waals surface area contributed by atoms with Gasteiger partial charge < -0.3 is 11.5 Å². The van der Waals surface area contributed by atoms with Crippen LogP contribution in [0.25, 0.3) is 0 Å². The summed E-state index contributed by atoms with van der Waals surface area (Å²) in [5.41, 5.74) is 13.9. The van der Waals surface area contributed by atoms with E-state index in [0.29, 0.717) is 0 Å². The SMILES string of the molecule is CCC(C)(N)CCN=Cc1ccc(C=NCCC(C)N)cc1. The summed E-state index contributed by atoms with van der Waals surface area (Å²) >= 11 is 0. The topological polar surface area (TPSA) is 76.8 Å². The second-order valence-electron chi connectivity index (χ2n) is 6.26. The van der Waals surface area contributed by atoms with Crippen LogP contribution in [0.4, 0.5) is 0 Å². The highest BCUT2D eigenvalue weighted by Gasteiger charge is 2.13. The van der Waals surface area contributed by atoms with Crippen molar-refractivity contribution in [2.75, 3.05) is 13.1 Å². The molecule has 122 valence electrons. The van der Waals surface area contributed by atoms with Gasteiger partial charge >= 0.3 is 0 Å². The molecule has 0 fully saturated rings. The first-order chi connectivity index (χ1) is 10.4. The molecular weight excluding hydrogens is 272 g/mol. The molecule has 4 N–H and O–H groups in total. The van der Waals surface area contributed by atoms with Gasteiger partial charge in [-0.05, 0) is 44.2 Å². The van der Waals surface area contributed by atoms with Crippen molar-refractivity contribution in [2.24, 2.45) is 21.5 Å². The molecule has 0 spiro atoms. The summed E-state index contributed by atoms with van der Waals surface area (Å²) in [5, 5.41) is 0. The van der Waals surface area contributed by atoms with E-state index in [1.807, 2.05) is 19.4 Å². The Bertz CT molecular complexity index is 472. The van der Waals surface area contributed by atoms with Crippen LogP contribution >= 0.6 is 0 Å². The summed E-state index contributed by atoms with van der Waals surface area (Å²) in [6.45, 7) is 7.72.